The van der Waals surface area contributed by atoms with E-state index in [0.29, 0.717) is 17.3 Å². The molecule has 0 spiro atoms. The molecule has 0 bridgehead atoms. The number of carbonyl (C=O) groups is 2. The summed E-state index contributed by atoms with van der Waals surface area (Å²) in [5.74, 6) is -0.528. The van der Waals surface area contributed by atoms with Crippen molar-refractivity contribution >= 4 is 17.9 Å². The van der Waals surface area contributed by atoms with Crippen molar-refractivity contribution in [2.24, 2.45) is 0 Å². The van der Waals surface area contributed by atoms with Gasteiger partial charge in [-0.1, -0.05) is 37.3 Å². The average molecular weight is 377 g/mol. The van der Waals surface area contributed by atoms with Crippen LogP contribution in [0.3, 0.4) is 0 Å². The molecular formula is C21H19N3O4. The second kappa shape index (κ2) is 8.77. The van der Waals surface area contributed by atoms with Gasteiger partial charge in [0.05, 0.1) is 11.6 Å². The van der Waals surface area contributed by atoms with Crippen LogP contribution >= 0.6 is 0 Å². The molecule has 3 rings (SSSR count). The van der Waals surface area contributed by atoms with Crippen molar-refractivity contribution < 1.29 is 19.4 Å². The van der Waals surface area contributed by atoms with E-state index in [4.69, 9.17) is 9.84 Å². The van der Waals surface area contributed by atoms with E-state index < -0.39 is 12.0 Å². The molecule has 0 fully saturated rings. The van der Waals surface area contributed by atoms with Gasteiger partial charge in [-0.3, -0.25) is 4.79 Å². The van der Waals surface area contributed by atoms with Crippen LogP contribution in [0.15, 0.2) is 67.0 Å². The predicted octanol–water partition coefficient (Wildman–Crippen LogP) is 3.69. The van der Waals surface area contributed by atoms with E-state index >= 15 is 0 Å². The molecule has 0 aliphatic rings. The SMILES string of the molecule is CCC(=O)Oc1ccccc1C(Nc1ncccn1)c1ccc(C(=O)O)cc1. The Hall–Kier alpha value is -3.74. The maximum atomic E-state index is 11.8. The van der Waals surface area contributed by atoms with E-state index in [1.807, 2.05) is 12.1 Å². The maximum absolute atomic E-state index is 11.8. The molecule has 2 N–H and O–H groups in total. The monoisotopic (exact) mass is 377 g/mol. The summed E-state index contributed by atoms with van der Waals surface area (Å²) in [7, 11) is 0. The number of carboxylic acids is 1. The number of benzene rings is 2. The number of nitrogens with one attached hydrogen (secondary N) is 1. The zero-order valence-electron chi connectivity index (χ0n) is 15.2. The van der Waals surface area contributed by atoms with Crippen LogP contribution in [0.2, 0.25) is 0 Å². The molecule has 3 aromatic rings. The topological polar surface area (TPSA) is 101 Å². The number of esters is 1. The van der Waals surface area contributed by atoms with Gasteiger partial charge in [-0.05, 0) is 29.8 Å². The number of nitrogens with zero attached hydrogens (tertiary/aromatic N) is 2. The Morgan fingerprint density at radius 3 is 2.36 bits per heavy atom. The van der Waals surface area contributed by atoms with Crippen molar-refractivity contribution in [3.05, 3.63) is 83.7 Å². The van der Waals surface area contributed by atoms with Crippen LogP contribution in [-0.4, -0.2) is 27.0 Å². The zero-order valence-corrected chi connectivity index (χ0v) is 15.2. The molecule has 0 aliphatic carbocycles. The third-order valence-electron chi connectivity index (χ3n) is 4.07. The van der Waals surface area contributed by atoms with Crippen molar-refractivity contribution in [3.8, 4) is 5.75 Å². The van der Waals surface area contributed by atoms with Gasteiger partial charge in [0.2, 0.25) is 5.95 Å². The Balaban J connectivity index is 2.04. The van der Waals surface area contributed by atoms with Crippen molar-refractivity contribution in [1.29, 1.82) is 0 Å². The highest BCUT2D eigenvalue weighted by Crippen LogP contribution is 2.32. The quantitative estimate of drug-likeness (QED) is 0.478. The summed E-state index contributed by atoms with van der Waals surface area (Å²) in [5, 5.41) is 12.4. The third-order valence-corrected chi connectivity index (χ3v) is 4.07. The van der Waals surface area contributed by atoms with Gasteiger partial charge < -0.3 is 15.2 Å². The second-order valence-corrected chi connectivity index (χ2v) is 5.94. The Morgan fingerprint density at radius 2 is 1.71 bits per heavy atom. The van der Waals surface area contributed by atoms with Crippen molar-refractivity contribution in [2.45, 2.75) is 19.4 Å². The number of para-hydroxylation sites is 1. The first kappa shape index (κ1) is 19.0. The lowest BCUT2D eigenvalue weighted by atomic mass is 9.97. The number of aromatic carboxylic acids is 1. The highest BCUT2D eigenvalue weighted by Gasteiger charge is 2.21. The van der Waals surface area contributed by atoms with E-state index in [-0.39, 0.29) is 18.0 Å². The minimum Gasteiger partial charge on any atom is -0.478 e. The van der Waals surface area contributed by atoms with Crippen LogP contribution < -0.4 is 10.1 Å². The fraction of sp³-hybridized carbons (Fsp3) is 0.143. The summed E-state index contributed by atoms with van der Waals surface area (Å²) >= 11 is 0. The average Bonchev–Trinajstić information content (AvgIpc) is 2.73. The lowest BCUT2D eigenvalue weighted by Crippen LogP contribution is -2.17. The summed E-state index contributed by atoms with van der Waals surface area (Å²) in [4.78, 5) is 31.4. The van der Waals surface area contributed by atoms with Gasteiger partial charge in [0.1, 0.15) is 5.75 Å². The molecule has 7 heteroatoms. The molecule has 1 aromatic heterocycles. The Morgan fingerprint density at radius 1 is 1.04 bits per heavy atom. The fourth-order valence-corrected chi connectivity index (χ4v) is 2.67. The largest absolute Gasteiger partial charge is 0.478 e. The molecule has 0 radical (unpaired) electrons. The minimum atomic E-state index is -1.00. The number of hydrogen-bond donors (Lipinski definition) is 2. The molecular weight excluding hydrogens is 358 g/mol. The maximum Gasteiger partial charge on any atom is 0.335 e. The van der Waals surface area contributed by atoms with Crippen LogP contribution in [0.1, 0.15) is 40.9 Å². The first-order chi connectivity index (χ1) is 13.6. The molecule has 1 heterocycles. The molecule has 7 nitrogen and oxygen atoms in total. The molecule has 0 saturated heterocycles. The molecule has 0 amide bonds. The van der Waals surface area contributed by atoms with Gasteiger partial charge in [0.15, 0.2) is 0 Å². The van der Waals surface area contributed by atoms with Crippen LogP contribution in [-0.2, 0) is 4.79 Å². The Kier molecular flexibility index (Phi) is 5.96. The summed E-state index contributed by atoms with van der Waals surface area (Å²) in [6.45, 7) is 1.73. The van der Waals surface area contributed by atoms with Crippen LogP contribution in [0.25, 0.3) is 0 Å². The lowest BCUT2D eigenvalue weighted by Gasteiger charge is -2.22. The van der Waals surface area contributed by atoms with Crippen molar-refractivity contribution in [1.82, 2.24) is 9.97 Å². The molecule has 28 heavy (non-hydrogen) atoms. The van der Waals surface area contributed by atoms with E-state index in [9.17, 15) is 9.59 Å². The highest BCUT2D eigenvalue weighted by atomic mass is 16.5. The van der Waals surface area contributed by atoms with Crippen LogP contribution in [0.4, 0.5) is 5.95 Å². The molecule has 142 valence electrons. The number of ether oxygens (including phenoxy) is 1. The highest BCUT2D eigenvalue weighted by molar-refractivity contribution is 5.87. The first-order valence-electron chi connectivity index (χ1n) is 8.75. The van der Waals surface area contributed by atoms with Crippen LogP contribution in [0, 0.1) is 0 Å². The van der Waals surface area contributed by atoms with E-state index in [0.717, 1.165) is 5.56 Å². The molecule has 1 atom stereocenters. The molecule has 0 saturated carbocycles. The van der Waals surface area contributed by atoms with Gasteiger partial charge in [0, 0.05) is 24.4 Å². The van der Waals surface area contributed by atoms with Gasteiger partial charge in [-0.15, -0.1) is 0 Å². The first-order valence-corrected chi connectivity index (χ1v) is 8.75. The van der Waals surface area contributed by atoms with Crippen molar-refractivity contribution in [2.75, 3.05) is 5.32 Å². The standard InChI is InChI=1S/C21H19N3O4/c1-2-18(25)28-17-7-4-3-6-16(17)19(24-21-22-12-5-13-23-21)14-8-10-15(11-9-14)20(26)27/h3-13,19H,2H2,1H3,(H,26,27)(H,22,23,24). The van der Waals surface area contributed by atoms with Gasteiger partial charge in [-0.2, -0.15) is 0 Å². The third kappa shape index (κ3) is 4.50. The number of carboxylic acid groups (broad SMARTS) is 1. The summed E-state index contributed by atoms with van der Waals surface area (Å²) in [6.07, 6.45) is 3.48. The van der Waals surface area contributed by atoms with E-state index in [2.05, 4.69) is 15.3 Å². The Bertz CT molecular complexity index is 959. The van der Waals surface area contributed by atoms with E-state index in [1.54, 1.807) is 49.6 Å². The molecule has 2 aromatic carbocycles. The summed E-state index contributed by atoms with van der Waals surface area (Å²) in [6, 6.07) is 14.9. The normalized spacial score (nSPS) is 11.5. The number of hydrogen-bond acceptors (Lipinski definition) is 6. The predicted molar refractivity (Wildman–Crippen MR) is 103 cm³/mol. The Labute approximate surface area is 162 Å². The number of aromatic nitrogens is 2. The molecule has 1 unspecified atom stereocenters. The lowest BCUT2D eigenvalue weighted by molar-refractivity contribution is -0.134. The van der Waals surface area contributed by atoms with Gasteiger partial charge >= 0.3 is 11.9 Å². The number of anilines is 1. The van der Waals surface area contributed by atoms with E-state index in [1.165, 1.54) is 12.1 Å². The number of rotatable bonds is 7. The minimum absolute atomic E-state index is 0.184. The smallest absolute Gasteiger partial charge is 0.335 e. The number of carbonyl (C=O) groups excluding carboxylic acids is 1. The van der Waals surface area contributed by atoms with Gasteiger partial charge in [0.25, 0.3) is 0 Å². The zero-order chi connectivity index (χ0) is 19.9. The fourth-order valence-electron chi connectivity index (χ4n) is 2.67. The van der Waals surface area contributed by atoms with Crippen molar-refractivity contribution in [3.63, 3.8) is 0 Å². The van der Waals surface area contributed by atoms with Crippen LogP contribution in [0.5, 0.6) is 5.75 Å². The molecule has 0 aliphatic heterocycles. The summed E-state index contributed by atoms with van der Waals surface area (Å²) in [5.41, 5.74) is 1.67. The summed E-state index contributed by atoms with van der Waals surface area (Å²) < 4.78 is 5.48. The van der Waals surface area contributed by atoms with Gasteiger partial charge in [-0.25, -0.2) is 14.8 Å². The second-order valence-electron chi connectivity index (χ2n) is 5.94.